The van der Waals surface area contributed by atoms with Crippen molar-refractivity contribution in [3.8, 4) is 23.0 Å². The molecule has 4 heteroatoms. The fraction of sp³-hybridized carbons (Fsp3) is 0.314. The molecular weight excluding hydrogens is 480 g/mol. The number of rotatable bonds is 10. The standard InChI is InChI=1S/C35H40N2O2/c1-2-3-4-5-26-22-24-35(25-23-26,27-6-14-31(15-7-27)38-33-18-10-29(36)11-19-33)28-8-16-32(17-9-28)39-34-20-12-30(37)13-21-34/h6-21,26H,2-5,22-25,36-37H2,1H3. The Balaban J connectivity index is 1.37. The van der Waals surface area contributed by atoms with Crippen LogP contribution in [0.2, 0.25) is 0 Å². The minimum atomic E-state index is -0.0132. The highest BCUT2D eigenvalue weighted by Gasteiger charge is 2.38. The van der Waals surface area contributed by atoms with Crippen molar-refractivity contribution in [1.29, 1.82) is 0 Å². The fourth-order valence-electron chi connectivity index (χ4n) is 5.91. The zero-order valence-corrected chi connectivity index (χ0v) is 22.9. The SMILES string of the molecule is CCCCCC1CCC(c2ccc(Oc3ccc(N)cc3)cc2)(c2ccc(Oc3ccc(N)cc3)cc2)CC1. The van der Waals surface area contributed by atoms with Gasteiger partial charge in [0.1, 0.15) is 23.0 Å². The second-order valence-electron chi connectivity index (χ2n) is 10.9. The number of ether oxygens (including phenoxy) is 2. The molecule has 4 aromatic carbocycles. The summed E-state index contributed by atoms with van der Waals surface area (Å²) in [5.41, 5.74) is 15.8. The largest absolute Gasteiger partial charge is 0.457 e. The Hall–Kier alpha value is -3.92. The second-order valence-corrected chi connectivity index (χ2v) is 10.9. The Kier molecular flexibility index (Phi) is 8.41. The van der Waals surface area contributed by atoms with Gasteiger partial charge in [-0.3, -0.25) is 0 Å². The van der Waals surface area contributed by atoms with Gasteiger partial charge in [-0.15, -0.1) is 0 Å². The van der Waals surface area contributed by atoms with Gasteiger partial charge in [0.05, 0.1) is 0 Å². The molecule has 0 spiro atoms. The van der Waals surface area contributed by atoms with Gasteiger partial charge >= 0.3 is 0 Å². The Morgan fingerprint density at radius 2 is 0.974 bits per heavy atom. The summed E-state index contributed by atoms with van der Waals surface area (Å²) in [4.78, 5) is 0. The molecule has 1 aliphatic rings. The summed E-state index contributed by atoms with van der Waals surface area (Å²) < 4.78 is 12.2. The van der Waals surface area contributed by atoms with E-state index in [-0.39, 0.29) is 5.41 Å². The molecule has 4 nitrogen and oxygen atoms in total. The molecule has 1 saturated carbocycles. The number of nitrogen functional groups attached to an aromatic ring is 2. The van der Waals surface area contributed by atoms with E-state index in [9.17, 15) is 0 Å². The van der Waals surface area contributed by atoms with Crippen LogP contribution in [-0.4, -0.2) is 0 Å². The topological polar surface area (TPSA) is 70.5 Å². The smallest absolute Gasteiger partial charge is 0.127 e. The third-order valence-electron chi connectivity index (χ3n) is 8.22. The molecule has 0 atom stereocenters. The van der Waals surface area contributed by atoms with Crippen molar-refractivity contribution in [2.75, 3.05) is 11.5 Å². The van der Waals surface area contributed by atoms with Gasteiger partial charge in [0.15, 0.2) is 0 Å². The van der Waals surface area contributed by atoms with Crippen LogP contribution in [0.15, 0.2) is 97.1 Å². The first-order valence-electron chi connectivity index (χ1n) is 14.3. The number of benzene rings is 4. The minimum Gasteiger partial charge on any atom is -0.457 e. The van der Waals surface area contributed by atoms with E-state index >= 15 is 0 Å². The maximum atomic E-state index is 6.09. The van der Waals surface area contributed by atoms with Crippen LogP contribution in [0, 0.1) is 5.92 Å². The van der Waals surface area contributed by atoms with E-state index in [1.54, 1.807) is 0 Å². The van der Waals surface area contributed by atoms with Crippen molar-refractivity contribution in [1.82, 2.24) is 0 Å². The lowest BCUT2D eigenvalue weighted by Gasteiger charge is -2.41. The lowest BCUT2D eigenvalue weighted by atomic mass is 9.62. The molecule has 0 unspecified atom stereocenters. The molecule has 0 heterocycles. The normalized spacial score (nSPS) is 15.1. The first kappa shape index (κ1) is 26.7. The number of anilines is 2. The molecular formula is C35H40N2O2. The zero-order valence-electron chi connectivity index (χ0n) is 22.9. The molecule has 0 aliphatic heterocycles. The van der Waals surface area contributed by atoms with Gasteiger partial charge in [-0.1, -0.05) is 56.9 Å². The van der Waals surface area contributed by atoms with Gasteiger partial charge in [0.25, 0.3) is 0 Å². The van der Waals surface area contributed by atoms with Crippen LogP contribution >= 0.6 is 0 Å². The lowest BCUT2D eigenvalue weighted by Crippen LogP contribution is -2.33. The third-order valence-corrected chi connectivity index (χ3v) is 8.22. The van der Waals surface area contributed by atoms with E-state index < -0.39 is 0 Å². The number of unbranched alkanes of at least 4 members (excludes halogenated alkanes) is 2. The first-order chi connectivity index (χ1) is 19.0. The zero-order chi connectivity index (χ0) is 27.1. The summed E-state index contributed by atoms with van der Waals surface area (Å²) in [5.74, 6) is 4.07. The molecule has 39 heavy (non-hydrogen) atoms. The minimum absolute atomic E-state index is 0.0132. The average molecular weight is 521 g/mol. The summed E-state index contributed by atoms with van der Waals surface area (Å²) in [7, 11) is 0. The van der Waals surface area contributed by atoms with Crippen molar-refractivity contribution in [2.45, 2.75) is 63.7 Å². The number of nitrogens with two attached hydrogens (primary N) is 2. The molecule has 4 aromatic rings. The van der Waals surface area contributed by atoms with E-state index in [0.29, 0.717) is 0 Å². The van der Waals surface area contributed by atoms with Gasteiger partial charge in [-0.2, -0.15) is 0 Å². The van der Waals surface area contributed by atoms with Crippen LogP contribution < -0.4 is 20.9 Å². The third kappa shape index (κ3) is 6.57. The molecule has 202 valence electrons. The van der Waals surface area contributed by atoms with Crippen LogP contribution in [-0.2, 0) is 5.41 Å². The van der Waals surface area contributed by atoms with Gasteiger partial charge in [-0.05, 0) is 116 Å². The number of hydrogen-bond acceptors (Lipinski definition) is 4. The van der Waals surface area contributed by atoms with Crippen LogP contribution in [0.25, 0.3) is 0 Å². The molecule has 5 rings (SSSR count). The van der Waals surface area contributed by atoms with Crippen LogP contribution in [0.3, 0.4) is 0 Å². The summed E-state index contributed by atoms with van der Waals surface area (Å²) >= 11 is 0. The molecule has 0 saturated heterocycles. The highest BCUT2D eigenvalue weighted by molar-refractivity contribution is 5.47. The summed E-state index contributed by atoms with van der Waals surface area (Å²) in [6, 6.07) is 32.4. The van der Waals surface area contributed by atoms with E-state index in [1.807, 2.05) is 48.5 Å². The average Bonchev–Trinajstić information content (AvgIpc) is 2.97. The van der Waals surface area contributed by atoms with Crippen molar-refractivity contribution < 1.29 is 9.47 Å². The Morgan fingerprint density at radius 1 is 0.590 bits per heavy atom. The van der Waals surface area contributed by atoms with Gasteiger partial charge in [-0.25, -0.2) is 0 Å². The van der Waals surface area contributed by atoms with Gasteiger partial charge in [0.2, 0.25) is 0 Å². The Bertz CT molecular complexity index is 1210. The maximum absolute atomic E-state index is 6.09. The number of hydrogen-bond donors (Lipinski definition) is 2. The van der Waals surface area contributed by atoms with Gasteiger partial charge < -0.3 is 20.9 Å². The van der Waals surface area contributed by atoms with Crippen molar-refractivity contribution in [3.05, 3.63) is 108 Å². The van der Waals surface area contributed by atoms with E-state index in [2.05, 4.69) is 55.5 Å². The molecule has 1 fully saturated rings. The summed E-state index contributed by atoms with van der Waals surface area (Å²) in [6.45, 7) is 2.28. The van der Waals surface area contributed by atoms with Crippen LogP contribution in [0.4, 0.5) is 11.4 Å². The molecule has 0 radical (unpaired) electrons. The molecule has 1 aliphatic carbocycles. The molecule has 0 bridgehead atoms. The van der Waals surface area contributed by atoms with Crippen LogP contribution in [0.5, 0.6) is 23.0 Å². The van der Waals surface area contributed by atoms with Crippen LogP contribution in [0.1, 0.15) is 69.4 Å². The first-order valence-corrected chi connectivity index (χ1v) is 14.3. The molecule has 0 aromatic heterocycles. The maximum Gasteiger partial charge on any atom is 0.127 e. The predicted octanol–water partition coefficient (Wildman–Crippen LogP) is 9.49. The Morgan fingerprint density at radius 3 is 1.36 bits per heavy atom. The monoisotopic (exact) mass is 520 g/mol. The Labute approximate surface area is 233 Å². The molecule has 4 N–H and O–H groups in total. The lowest BCUT2D eigenvalue weighted by molar-refractivity contribution is 0.250. The van der Waals surface area contributed by atoms with Crippen molar-refractivity contribution >= 4 is 11.4 Å². The van der Waals surface area contributed by atoms with Gasteiger partial charge in [0, 0.05) is 16.8 Å². The predicted molar refractivity (Wildman–Crippen MR) is 162 cm³/mol. The van der Waals surface area contributed by atoms with E-state index in [0.717, 1.165) is 53.1 Å². The van der Waals surface area contributed by atoms with E-state index in [1.165, 1.54) is 49.7 Å². The van der Waals surface area contributed by atoms with Crippen molar-refractivity contribution in [3.63, 3.8) is 0 Å². The highest BCUT2D eigenvalue weighted by atomic mass is 16.5. The summed E-state index contributed by atoms with van der Waals surface area (Å²) in [5, 5.41) is 0. The van der Waals surface area contributed by atoms with Crippen molar-refractivity contribution in [2.24, 2.45) is 5.92 Å². The quantitative estimate of drug-likeness (QED) is 0.161. The summed E-state index contributed by atoms with van der Waals surface area (Å²) in [6.07, 6.45) is 10.2. The highest BCUT2D eigenvalue weighted by Crippen LogP contribution is 2.48. The molecule has 0 amide bonds. The fourth-order valence-corrected chi connectivity index (χ4v) is 5.91. The van der Waals surface area contributed by atoms with E-state index in [4.69, 9.17) is 20.9 Å². The second kappa shape index (κ2) is 12.3.